The number of aliphatic carboxylic acids is 1. The van der Waals surface area contributed by atoms with Gasteiger partial charge in [0.2, 0.25) is 0 Å². The van der Waals surface area contributed by atoms with Gasteiger partial charge >= 0.3 is 5.97 Å². The van der Waals surface area contributed by atoms with E-state index in [0.29, 0.717) is 67.4 Å². The van der Waals surface area contributed by atoms with Crippen molar-refractivity contribution in [2.75, 3.05) is 26.7 Å². The standard InChI is InChI=1S/C29H34F3N3O4/c1-39-21-4-5-24-22(15-21)26(19(16-33)17-34-24)25(36)6-7-29(28(37)38)8-11-35(12-9-29)10-2-3-18-13-20(30)14-23(31)27(18)32/h4-5,13-15,17,25,36H,2-3,6-12,16,33H2,1H3,(H,37,38)/t25-/m1/s1. The lowest BCUT2D eigenvalue weighted by atomic mass is 9.73. The molecule has 4 rings (SSSR count). The highest BCUT2D eigenvalue weighted by Crippen LogP contribution is 2.40. The number of aromatic nitrogens is 1. The third-order valence-electron chi connectivity index (χ3n) is 7.90. The van der Waals surface area contributed by atoms with Crippen LogP contribution < -0.4 is 10.5 Å². The van der Waals surface area contributed by atoms with Crippen LogP contribution in [0.4, 0.5) is 13.2 Å². The first-order valence-corrected chi connectivity index (χ1v) is 13.1. The van der Waals surface area contributed by atoms with Crippen molar-refractivity contribution in [1.82, 2.24) is 9.88 Å². The van der Waals surface area contributed by atoms with E-state index in [0.717, 1.165) is 11.5 Å². The molecule has 3 aromatic rings. The Morgan fingerprint density at radius 1 is 1.18 bits per heavy atom. The largest absolute Gasteiger partial charge is 0.497 e. The van der Waals surface area contributed by atoms with Crippen LogP contribution >= 0.6 is 0 Å². The van der Waals surface area contributed by atoms with Gasteiger partial charge in [0.25, 0.3) is 0 Å². The number of aryl methyl sites for hydroxylation is 1. The second kappa shape index (κ2) is 12.3. The smallest absolute Gasteiger partial charge is 0.309 e. The van der Waals surface area contributed by atoms with Crippen molar-refractivity contribution in [2.24, 2.45) is 11.1 Å². The van der Waals surface area contributed by atoms with E-state index in [1.807, 2.05) is 0 Å². The molecule has 0 bridgehead atoms. The Morgan fingerprint density at radius 2 is 1.92 bits per heavy atom. The Balaban J connectivity index is 1.39. The maximum absolute atomic E-state index is 13.9. The van der Waals surface area contributed by atoms with Crippen LogP contribution in [0.1, 0.15) is 54.9 Å². The van der Waals surface area contributed by atoms with Gasteiger partial charge in [-0.25, -0.2) is 13.2 Å². The van der Waals surface area contributed by atoms with Crippen molar-refractivity contribution in [3.8, 4) is 5.75 Å². The predicted octanol–water partition coefficient (Wildman–Crippen LogP) is 4.73. The average Bonchev–Trinajstić information content (AvgIpc) is 2.93. The molecule has 1 fully saturated rings. The van der Waals surface area contributed by atoms with Crippen LogP contribution in [0.15, 0.2) is 36.5 Å². The number of hydrogen-bond donors (Lipinski definition) is 3. The zero-order chi connectivity index (χ0) is 28.2. The molecule has 1 aliphatic heterocycles. The van der Waals surface area contributed by atoms with Crippen molar-refractivity contribution < 1.29 is 32.9 Å². The number of ether oxygens (including phenoxy) is 1. The van der Waals surface area contributed by atoms with Gasteiger partial charge in [-0.2, -0.15) is 0 Å². The number of hydrogen-bond acceptors (Lipinski definition) is 6. The summed E-state index contributed by atoms with van der Waals surface area (Å²) in [5, 5.41) is 22.1. The zero-order valence-corrected chi connectivity index (χ0v) is 21.9. The topological polar surface area (TPSA) is 109 Å². The maximum atomic E-state index is 13.9. The first-order valence-electron chi connectivity index (χ1n) is 13.1. The number of benzene rings is 2. The summed E-state index contributed by atoms with van der Waals surface area (Å²) >= 11 is 0. The lowest BCUT2D eigenvalue weighted by Gasteiger charge is -2.39. The zero-order valence-electron chi connectivity index (χ0n) is 21.9. The molecule has 10 heteroatoms. The van der Waals surface area contributed by atoms with Crippen LogP contribution in [0.5, 0.6) is 5.75 Å². The third-order valence-corrected chi connectivity index (χ3v) is 7.90. The fraction of sp³-hybridized carbons (Fsp3) is 0.448. The Hall–Kier alpha value is -3.21. The van der Waals surface area contributed by atoms with E-state index in [2.05, 4.69) is 9.88 Å². The highest BCUT2D eigenvalue weighted by Gasteiger charge is 2.41. The lowest BCUT2D eigenvalue weighted by molar-refractivity contribution is -0.153. The van der Waals surface area contributed by atoms with Gasteiger partial charge in [0.15, 0.2) is 11.6 Å². The van der Waals surface area contributed by atoms with E-state index in [9.17, 15) is 28.2 Å². The van der Waals surface area contributed by atoms with Crippen LogP contribution in [0, 0.1) is 22.9 Å². The van der Waals surface area contributed by atoms with Crippen LogP contribution in [0.3, 0.4) is 0 Å². The van der Waals surface area contributed by atoms with Gasteiger partial charge in [0.1, 0.15) is 11.6 Å². The minimum atomic E-state index is -1.20. The first-order chi connectivity index (χ1) is 18.7. The highest BCUT2D eigenvalue weighted by molar-refractivity contribution is 5.85. The first kappa shape index (κ1) is 28.8. The Labute approximate surface area is 225 Å². The van der Waals surface area contributed by atoms with E-state index in [-0.39, 0.29) is 31.4 Å². The van der Waals surface area contributed by atoms with Crippen LogP contribution in [-0.4, -0.2) is 52.8 Å². The summed E-state index contributed by atoms with van der Waals surface area (Å²) in [4.78, 5) is 18.9. The number of carbonyl (C=O) groups is 1. The van der Waals surface area contributed by atoms with E-state index in [1.165, 1.54) is 0 Å². The summed E-state index contributed by atoms with van der Waals surface area (Å²) in [6.07, 6.45) is 2.68. The van der Waals surface area contributed by atoms with Gasteiger partial charge in [-0.05, 0) is 99.1 Å². The van der Waals surface area contributed by atoms with Crippen molar-refractivity contribution in [1.29, 1.82) is 0 Å². The maximum Gasteiger partial charge on any atom is 0.309 e. The van der Waals surface area contributed by atoms with Crippen LogP contribution in [-0.2, 0) is 17.8 Å². The number of halogens is 3. The molecule has 2 aromatic carbocycles. The number of nitrogens with zero attached hydrogens (tertiary/aromatic N) is 2. The average molecular weight is 546 g/mol. The van der Waals surface area contributed by atoms with Gasteiger partial charge in [-0.15, -0.1) is 0 Å². The van der Waals surface area contributed by atoms with Gasteiger partial charge in [-0.1, -0.05) is 0 Å². The van der Waals surface area contributed by atoms with E-state index in [4.69, 9.17) is 10.5 Å². The fourth-order valence-corrected chi connectivity index (χ4v) is 5.53. The number of nitrogens with two attached hydrogens (primary N) is 1. The number of carboxylic acids is 1. The van der Waals surface area contributed by atoms with Crippen molar-refractivity contribution in [2.45, 2.75) is 51.2 Å². The molecule has 1 aliphatic rings. The van der Waals surface area contributed by atoms with E-state index in [1.54, 1.807) is 31.5 Å². The molecular weight excluding hydrogens is 511 g/mol. The summed E-state index contributed by atoms with van der Waals surface area (Å²) in [5.74, 6) is -3.32. The van der Waals surface area contributed by atoms with Gasteiger partial charge in [0.05, 0.1) is 24.1 Å². The Bertz CT molecular complexity index is 1320. The quantitative estimate of drug-likeness (QED) is 0.299. The Kier molecular flexibility index (Phi) is 9.09. The molecule has 0 amide bonds. The van der Waals surface area contributed by atoms with Gasteiger partial charge in [0, 0.05) is 24.2 Å². The van der Waals surface area contributed by atoms with Gasteiger partial charge in [-0.3, -0.25) is 9.78 Å². The van der Waals surface area contributed by atoms with Crippen molar-refractivity contribution >= 4 is 16.9 Å². The molecule has 0 spiro atoms. The monoisotopic (exact) mass is 545 g/mol. The molecule has 4 N–H and O–H groups in total. The van der Waals surface area contributed by atoms with E-state index >= 15 is 0 Å². The summed E-state index contributed by atoms with van der Waals surface area (Å²) in [6.45, 7) is 1.77. The second-order valence-electron chi connectivity index (χ2n) is 10.2. The molecule has 7 nitrogen and oxygen atoms in total. The summed E-state index contributed by atoms with van der Waals surface area (Å²) in [5.41, 5.74) is 6.96. The lowest BCUT2D eigenvalue weighted by Crippen LogP contribution is -2.44. The number of pyridine rings is 1. The minimum Gasteiger partial charge on any atom is -0.497 e. The number of likely N-dealkylation sites (tertiary alicyclic amines) is 1. The van der Waals surface area contributed by atoms with Crippen molar-refractivity contribution in [3.63, 3.8) is 0 Å². The molecule has 0 unspecified atom stereocenters. The summed E-state index contributed by atoms with van der Waals surface area (Å²) in [6, 6.07) is 6.92. The second-order valence-corrected chi connectivity index (χ2v) is 10.2. The molecule has 210 valence electrons. The predicted molar refractivity (Wildman–Crippen MR) is 141 cm³/mol. The number of piperidine rings is 1. The van der Waals surface area contributed by atoms with E-state index < -0.39 is 34.9 Å². The van der Waals surface area contributed by atoms with Crippen LogP contribution in [0.2, 0.25) is 0 Å². The Morgan fingerprint density at radius 3 is 2.59 bits per heavy atom. The number of carboxylic acid groups (broad SMARTS) is 1. The molecule has 0 saturated carbocycles. The number of aliphatic hydroxyl groups excluding tert-OH is 1. The number of aliphatic hydroxyl groups is 1. The molecule has 0 radical (unpaired) electrons. The number of fused-ring (bicyclic) bond motifs is 1. The number of rotatable bonds is 11. The molecule has 1 saturated heterocycles. The van der Waals surface area contributed by atoms with Crippen LogP contribution in [0.25, 0.3) is 10.9 Å². The molecule has 39 heavy (non-hydrogen) atoms. The highest BCUT2D eigenvalue weighted by atomic mass is 19.2. The van der Waals surface area contributed by atoms with Crippen molar-refractivity contribution in [3.05, 3.63) is 70.7 Å². The minimum absolute atomic E-state index is 0.00326. The molecular formula is C29H34F3N3O4. The molecule has 0 aliphatic carbocycles. The molecule has 2 heterocycles. The SMILES string of the molecule is COc1ccc2ncc(CN)c([C@H](O)CCC3(C(=O)O)CCN(CCCc4cc(F)cc(F)c4F)CC3)c2c1. The van der Waals surface area contributed by atoms with Gasteiger partial charge < -0.3 is 25.6 Å². The fourth-order valence-electron chi connectivity index (χ4n) is 5.53. The summed E-state index contributed by atoms with van der Waals surface area (Å²) in [7, 11) is 1.56. The molecule has 1 aromatic heterocycles. The third kappa shape index (κ3) is 6.34. The summed E-state index contributed by atoms with van der Waals surface area (Å²) < 4.78 is 46.2. The number of methoxy groups -OCH3 is 1. The molecule has 1 atom stereocenters. The normalized spacial score (nSPS) is 16.4.